The third kappa shape index (κ3) is 9.43. The van der Waals surface area contributed by atoms with Crippen LogP contribution < -0.4 is 4.72 Å². The minimum absolute atomic E-state index is 0.0110. The van der Waals surface area contributed by atoms with Crippen LogP contribution in [0.3, 0.4) is 0 Å². The highest BCUT2D eigenvalue weighted by atomic mass is 32.2. The number of sulfonamides is 1. The Hall–Kier alpha value is -2.01. The van der Waals surface area contributed by atoms with E-state index in [0.29, 0.717) is 42.5 Å². The zero-order valence-electron chi connectivity index (χ0n) is 34.1. The number of ether oxygens (including phenoxy) is 1. The number of amides is 1. The SMILES string of the molecule is Cc1ccc(S(=O)(=O)NC2CC3/C(=C/CO[Si](C(C)C)(C(C)C)C(C)C)CCC4N2C(=O)CCCCCCCCCC34COC(=O)C(C)(C)C)cc1. The van der Waals surface area contributed by atoms with Gasteiger partial charge in [0.2, 0.25) is 24.2 Å². The van der Waals surface area contributed by atoms with Gasteiger partial charge in [0.05, 0.1) is 29.7 Å². The number of aryl methyl sites for hydroxylation is 1. The highest BCUT2D eigenvalue weighted by Crippen LogP contribution is 2.56. The van der Waals surface area contributed by atoms with Gasteiger partial charge in [0.25, 0.3) is 0 Å². The Morgan fingerprint density at radius 3 is 2.10 bits per heavy atom. The zero-order valence-corrected chi connectivity index (χ0v) is 35.9. The van der Waals surface area contributed by atoms with Crippen molar-refractivity contribution in [2.24, 2.45) is 16.7 Å². The predicted molar refractivity (Wildman–Crippen MR) is 213 cm³/mol. The van der Waals surface area contributed by atoms with Crippen LogP contribution >= 0.6 is 0 Å². The molecule has 4 unspecified atom stereocenters. The van der Waals surface area contributed by atoms with Crippen molar-refractivity contribution in [1.29, 1.82) is 0 Å². The Kier molecular flexibility index (Phi) is 14.5. The molecule has 1 N–H and O–H groups in total. The van der Waals surface area contributed by atoms with Crippen LogP contribution in [0.4, 0.5) is 0 Å². The summed E-state index contributed by atoms with van der Waals surface area (Å²) < 4.78 is 44.5. The van der Waals surface area contributed by atoms with Gasteiger partial charge in [0, 0.05) is 17.9 Å². The van der Waals surface area contributed by atoms with Gasteiger partial charge in [-0.15, -0.1) is 0 Å². The first-order chi connectivity index (χ1) is 24.4. The first kappa shape index (κ1) is 42.7. The number of hydrogen-bond acceptors (Lipinski definition) is 6. The van der Waals surface area contributed by atoms with Crippen molar-refractivity contribution in [1.82, 2.24) is 9.62 Å². The lowest BCUT2D eigenvalue weighted by Gasteiger charge is -2.60. The number of esters is 1. The van der Waals surface area contributed by atoms with Crippen molar-refractivity contribution < 1.29 is 27.2 Å². The molecule has 1 aliphatic carbocycles. The third-order valence-electron chi connectivity index (χ3n) is 12.6. The third-order valence-corrected chi connectivity index (χ3v) is 20.1. The van der Waals surface area contributed by atoms with Crippen LogP contribution in [0.15, 0.2) is 40.8 Å². The van der Waals surface area contributed by atoms with E-state index >= 15 is 0 Å². The fourth-order valence-corrected chi connectivity index (χ4v) is 16.5. The summed E-state index contributed by atoms with van der Waals surface area (Å²) >= 11 is 0. The molecule has 0 spiro atoms. The standard InChI is InChI=1S/C42H70N2O6SSi/c1-30(2)52(31(3)4,32(5)6)50-27-25-34-21-24-37-42(29-49-40(46)41(8,9)10)26-17-15-13-11-12-14-16-18-39(45)44(37)38(28-36(34)42)43-51(47,48)35-22-19-33(7)20-23-35/h19-20,22-23,25,30-32,36-38,43H,11-18,21,24,26-29H2,1-10H3/b34-25+. The average molecular weight is 759 g/mol. The number of rotatable bonds is 11. The van der Waals surface area contributed by atoms with E-state index in [9.17, 15) is 18.0 Å². The first-order valence-corrected chi connectivity index (χ1v) is 23.9. The largest absolute Gasteiger partial charge is 0.465 e. The van der Waals surface area contributed by atoms with E-state index < -0.39 is 35.3 Å². The molecular formula is C42H70N2O6SSi. The summed E-state index contributed by atoms with van der Waals surface area (Å²) in [5.74, 6) is -0.350. The molecule has 8 nitrogen and oxygen atoms in total. The number of piperidine rings is 1. The van der Waals surface area contributed by atoms with E-state index in [2.05, 4.69) is 52.3 Å². The van der Waals surface area contributed by atoms with Crippen LogP contribution in [-0.2, 0) is 28.8 Å². The topological polar surface area (TPSA) is 102 Å². The summed E-state index contributed by atoms with van der Waals surface area (Å²) in [7, 11) is -6.07. The molecular weight excluding hydrogens is 689 g/mol. The highest BCUT2D eigenvalue weighted by molar-refractivity contribution is 7.89. The Bertz CT molecular complexity index is 1480. The molecule has 4 rings (SSSR count). The molecule has 2 heterocycles. The van der Waals surface area contributed by atoms with Crippen LogP contribution in [0.25, 0.3) is 0 Å². The second-order valence-corrected chi connectivity index (χ2v) is 25.2. The van der Waals surface area contributed by atoms with Crippen LogP contribution in [-0.4, -0.2) is 58.9 Å². The van der Waals surface area contributed by atoms with Gasteiger partial charge in [-0.05, 0) is 94.5 Å². The van der Waals surface area contributed by atoms with Gasteiger partial charge in [0.15, 0.2) is 0 Å². The number of carbonyl (C=O) groups excluding carboxylic acids is 2. The van der Waals surface area contributed by atoms with E-state index in [4.69, 9.17) is 9.16 Å². The lowest BCUT2D eigenvalue weighted by Crippen LogP contribution is -2.69. The van der Waals surface area contributed by atoms with Crippen molar-refractivity contribution in [2.75, 3.05) is 13.2 Å². The fourth-order valence-electron chi connectivity index (χ4n) is 9.95. The van der Waals surface area contributed by atoms with Crippen molar-refractivity contribution in [3.05, 3.63) is 41.5 Å². The first-order valence-electron chi connectivity index (χ1n) is 20.3. The van der Waals surface area contributed by atoms with Crippen LogP contribution in [0, 0.1) is 23.7 Å². The lowest BCUT2D eigenvalue weighted by molar-refractivity contribution is -0.173. The van der Waals surface area contributed by atoms with Gasteiger partial charge >= 0.3 is 5.97 Å². The quantitative estimate of drug-likeness (QED) is 0.137. The van der Waals surface area contributed by atoms with E-state index in [1.807, 2.05) is 32.6 Å². The molecule has 52 heavy (non-hydrogen) atoms. The van der Waals surface area contributed by atoms with Gasteiger partial charge in [-0.2, -0.15) is 4.72 Å². The Labute approximate surface area is 317 Å². The molecule has 2 saturated heterocycles. The molecule has 0 aromatic heterocycles. The van der Waals surface area contributed by atoms with Crippen LogP contribution in [0.1, 0.15) is 145 Å². The molecule has 1 saturated carbocycles. The number of hydrogen-bond donors (Lipinski definition) is 1. The maximum absolute atomic E-state index is 14.5. The number of benzene rings is 1. The summed E-state index contributed by atoms with van der Waals surface area (Å²) in [5, 5.41) is 0. The summed E-state index contributed by atoms with van der Waals surface area (Å²) in [6.45, 7) is 22.1. The fraction of sp³-hybridized carbons (Fsp3) is 0.762. The number of nitrogens with zero attached hydrogens (tertiary/aromatic N) is 1. The monoisotopic (exact) mass is 758 g/mol. The number of nitrogens with one attached hydrogen (secondary N) is 1. The van der Waals surface area contributed by atoms with Crippen LogP contribution in [0.5, 0.6) is 0 Å². The Balaban J connectivity index is 1.84. The summed E-state index contributed by atoms with van der Waals surface area (Å²) in [6, 6.07) is 6.61. The van der Waals surface area contributed by atoms with E-state index in [1.165, 1.54) is 5.57 Å². The average Bonchev–Trinajstić information content (AvgIpc) is 3.05. The predicted octanol–water partition coefficient (Wildman–Crippen LogP) is 9.83. The summed E-state index contributed by atoms with van der Waals surface area (Å²) in [4.78, 5) is 30.0. The van der Waals surface area contributed by atoms with Crippen molar-refractivity contribution >= 4 is 30.2 Å². The molecule has 1 amide bonds. The second kappa shape index (κ2) is 17.6. The molecule has 0 radical (unpaired) electrons. The van der Waals surface area contributed by atoms with Gasteiger partial charge in [-0.1, -0.05) is 109 Å². The van der Waals surface area contributed by atoms with Gasteiger partial charge in [0.1, 0.15) is 0 Å². The van der Waals surface area contributed by atoms with Crippen molar-refractivity contribution in [3.8, 4) is 0 Å². The van der Waals surface area contributed by atoms with Crippen molar-refractivity contribution in [3.63, 3.8) is 0 Å². The molecule has 4 bridgehead atoms. The van der Waals surface area contributed by atoms with Gasteiger partial charge in [-0.3, -0.25) is 9.59 Å². The van der Waals surface area contributed by atoms with E-state index in [1.54, 1.807) is 24.3 Å². The maximum Gasteiger partial charge on any atom is 0.311 e. The van der Waals surface area contributed by atoms with Gasteiger partial charge in [-0.25, -0.2) is 8.42 Å². The number of allylic oxidation sites excluding steroid dienone is 1. The molecule has 3 fully saturated rings. The minimum Gasteiger partial charge on any atom is -0.465 e. The Morgan fingerprint density at radius 1 is 0.942 bits per heavy atom. The summed E-state index contributed by atoms with van der Waals surface area (Å²) in [6.07, 6.45) is 11.9. The Morgan fingerprint density at radius 2 is 1.52 bits per heavy atom. The van der Waals surface area contributed by atoms with E-state index in [-0.39, 0.29) is 35.3 Å². The normalized spacial score (nSPS) is 26.3. The molecule has 1 aromatic carbocycles. The molecule has 294 valence electrons. The second-order valence-electron chi connectivity index (χ2n) is 18.0. The van der Waals surface area contributed by atoms with Crippen LogP contribution in [0.2, 0.25) is 16.6 Å². The summed E-state index contributed by atoms with van der Waals surface area (Å²) in [5.41, 5.74) is 2.38. The molecule has 3 aliphatic rings. The lowest BCUT2D eigenvalue weighted by atomic mass is 9.55. The van der Waals surface area contributed by atoms with Gasteiger partial charge < -0.3 is 14.1 Å². The van der Waals surface area contributed by atoms with Crippen molar-refractivity contribution in [2.45, 2.75) is 180 Å². The minimum atomic E-state index is -3.94. The molecule has 2 aliphatic heterocycles. The molecule has 10 heteroatoms. The van der Waals surface area contributed by atoms with E-state index in [0.717, 1.165) is 63.4 Å². The molecule has 1 aromatic rings. The smallest absolute Gasteiger partial charge is 0.311 e. The highest BCUT2D eigenvalue weighted by Gasteiger charge is 2.59. The molecule has 4 atom stereocenters. The maximum atomic E-state index is 14.5. The number of carbonyl (C=O) groups is 2. The zero-order chi connectivity index (χ0) is 38.5.